The van der Waals surface area contributed by atoms with E-state index in [1.807, 2.05) is 20.8 Å². The molecule has 0 unspecified atom stereocenters. The smallest absolute Gasteiger partial charge is 0.410 e. The van der Waals surface area contributed by atoms with E-state index in [0.29, 0.717) is 30.4 Å². The number of nitro groups is 1. The van der Waals surface area contributed by atoms with Crippen molar-refractivity contribution >= 4 is 22.6 Å². The number of pyridine rings is 1. The molecule has 2 aromatic rings. The zero-order valence-corrected chi connectivity index (χ0v) is 16.4. The lowest BCUT2D eigenvalue weighted by molar-refractivity contribution is -0.383. The number of likely N-dealkylation sites (tertiary alicyclic amines) is 1. The second kappa shape index (κ2) is 7.61. The van der Waals surface area contributed by atoms with Crippen molar-refractivity contribution in [3.05, 3.63) is 50.9 Å². The van der Waals surface area contributed by atoms with Crippen LogP contribution in [0.1, 0.15) is 33.6 Å². The van der Waals surface area contributed by atoms with E-state index in [0.717, 1.165) is 12.8 Å². The number of non-ortho nitro benzene ring substituents is 1. The van der Waals surface area contributed by atoms with Crippen LogP contribution in [0.3, 0.4) is 0 Å². The van der Waals surface area contributed by atoms with Crippen LogP contribution in [0.2, 0.25) is 0 Å². The van der Waals surface area contributed by atoms with E-state index in [1.165, 1.54) is 12.1 Å². The Kier molecular flexibility index (Phi) is 5.40. The first-order valence-corrected chi connectivity index (χ1v) is 9.40. The number of nitrogens with zero attached hydrogens (tertiary/aromatic N) is 3. The maximum absolute atomic E-state index is 12.8. The van der Waals surface area contributed by atoms with Gasteiger partial charge < -0.3 is 14.2 Å². The Morgan fingerprint density at radius 3 is 2.50 bits per heavy atom. The monoisotopic (exact) mass is 387 g/mol. The standard InChI is InChI=1S/C20H25N3O5/c1-20(2,3)28-19(25)21-10-7-14(8-11-21)13-22-12-9-15-16(18(22)24)5-4-6-17(15)23(26)27/h4-6,9,12,14H,7-8,10-11,13H2,1-3H3. The molecule has 8 heteroatoms. The van der Waals surface area contributed by atoms with Crippen molar-refractivity contribution in [1.82, 2.24) is 9.47 Å². The summed E-state index contributed by atoms with van der Waals surface area (Å²) in [7, 11) is 0. The number of aromatic nitrogens is 1. The van der Waals surface area contributed by atoms with Gasteiger partial charge in [0.2, 0.25) is 0 Å². The molecule has 28 heavy (non-hydrogen) atoms. The van der Waals surface area contributed by atoms with Crippen molar-refractivity contribution in [2.45, 2.75) is 45.8 Å². The van der Waals surface area contributed by atoms with E-state index >= 15 is 0 Å². The molecule has 1 saturated heterocycles. The number of nitro benzene ring substituents is 1. The number of amides is 1. The predicted molar refractivity (Wildman–Crippen MR) is 105 cm³/mol. The summed E-state index contributed by atoms with van der Waals surface area (Å²) in [4.78, 5) is 37.3. The second-order valence-electron chi connectivity index (χ2n) is 8.18. The van der Waals surface area contributed by atoms with Crippen molar-refractivity contribution in [2.24, 2.45) is 5.92 Å². The molecule has 1 fully saturated rings. The van der Waals surface area contributed by atoms with Crippen molar-refractivity contribution in [3.8, 4) is 0 Å². The third kappa shape index (κ3) is 4.32. The largest absolute Gasteiger partial charge is 0.444 e. The summed E-state index contributed by atoms with van der Waals surface area (Å²) < 4.78 is 7.02. The molecule has 0 saturated carbocycles. The van der Waals surface area contributed by atoms with Crippen LogP contribution < -0.4 is 5.56 Å². The number of ether oxygens (including phenoxy) is 1. The maximum atomic E-state index is 12.8. The van der Waals surface area contributed by atoms with Crippen LogP contribution in [0.4, 0.5) is 10.5 Å². The summed E-state index contributed by atoms with van der Waals surface area (Å²) in [6, 6.07) is 6.18. The summed E-state index contributed by atoms with van der Waals surface area (Å²) in [5.41, 5.74) is -0.808. The first kappa shape index (κ1) is 19.9. The Morgan fingerprint density at radius 1 is 1.21 bits per heavy atom. The van der Waals surface area contributed by atoms with Gasteiger partial charge in [-0.15, -0.1) is 0 Å². The van der Waals surface area contributed by atoms with Crippen LogP contribution in [-0.2, 0) is 11.3 Å². The quantitative estimate of drug-likeness (QED) is 0.593. The Hall–Kier alpha value is -2.90. The minimum atomic E-state index is -0.519. The van der Waals surface area contributed by atoms with Crippen molar-refractivity contribution < 1.29 is 14.5 Å². The molecule has 0 bridgehead atoms. The second-order valence-corrected chi connectivity index (χ2v) is 8.18. The highest BCUT2D eigenvalue weighted by molar-refractivity contribution is 5.89. The average molecular weight is 387 g/mol. The molecule has 1 amide bonds. The SMILES string of the molecule is CC(C)(C)OC(=O)N1CCC(Cn2ccc3c([N+](=O)[O-])cccc3c2=O)CC1. The molecule has 1 aromatic carbocycles. The molecule has 1 aromatic heterocycles. The molecule has 0 aliphatic carbocycles. The lowest BCUT2D eigenvalue weighted by Gasteiger charge is -2.33. The highest BCUT2D eigenvalue weighted by Gasteiger charge is 2.27. The van der Waals surface area contributed by atoms with Crippen LogP contribution in [0.15, 0.2) is 35.3 Å². The van der Waals surface area contributed by atoms with E-state index in [9.17, 15) is 19.7 Å². The molecular formula is C20H25N3O5. The van der Waals surface area contributed by atoms with Gasteiger partial charge in [-0.1, -0.05) is 6.07 Å². The maximum Gasteiger partial charge on any atom is 0.410 e. The molecule has 3 rings (SSSR count). The van der Waals surface area contributed by atoms with E-state index < -0.39 is 10.5 Å². The Labute approximate surface area is 162 Å². The van der Waals surface area contributed by atoms with Gasteiger partial charge in [0.1, 0.15) is 5.60 Å². The van der Waals surface area contributed by atoms with Gasteiger partial charge in [0.05, 0.1) is 15.7 Å². The number of hydrogen-bond acceptors (Lipinski definition) is 5. The topological polar surface area (TPSA) is 94.7 Å². The molecule has 2 heterocycles. The molecule has 0 spiro atoms. The van der Waals surface area contributed by atoms with Crippen LogP contribution in [0.25, 0.3) is 10.8 Å². The van der Waals surface area contributed by atoms with Gasteiger partial charge >= 0.3 is 6.09 Å². The summed E-state index contributed by atoms with van der Waals surface area (Å²) in [5.74, 6) is 0.257. The molecule has 0 radical (unpaired) electrons. The number of carbonyl (C=O) groups is 1. The van der Waals surface area contributed by atoms with E-state index in [1.54, 1.807) is 27.8 Å². The fraction of sp³-hybridized carbons (Fsp3) is 0.500. The Morgan fingerprint density at radius 2 is 1.89 bits per heavy atom. The summed E-state index contributed by atoms with van der Waals surface area (Å²) in [6.07, 6.45) is 2.87. The third-order valence-electron chi connectivity index (χ3n) is 4.91. The first-order valence-electron chi connectivity index (χ1n) is 9.40. The highest BCUT2D eigenvalue weighted by atomic mass is 16.6. The fourth-order valence-electron chi connectivity index (χ4n) is 3.51. The molecular weight excluding hydrogens is 362 g/mol. The van der Waals surface area contributed by atoms with Gasteiger partial charge in [-0.05, 0) is 51.7 Å². The lowest BCUT2D eigenvalue weighted by Crippen LogP contribution is -2.42. The van der Waals surface area contributed by atoms with E-state index in [-0.39, 0.29) is 23.3 Å². The number of piperidine rings is 1. The molecule has 1 aliphatic heterocycles. The van der Waals surface area contributed by atoms with Crippen LogP contribution in [-0.4, -0.2) is 39.2 Å². The Bertz CT molecular complexity index is 952. The highest BCUT2D eigenvalue weighted by Crippen LogP contribution is 2.24. The van der Waals surface area contributed by atoms with Gasteiger partial charge in [0.25, 0.3) is 11.2 Å². The normalized spacial score (nSPS) is 15.6. The molecule has 0 N–H and O–H groups in total. The third-order valence-corrected chi connectivity index (χ3v) is 4.91. The van der Waals surface area contributed by atoms with Crippen molar-refractivity contribution in [1.29, 1.82) is 0 Å². The van der Waals surface area contributed by atoms with Crippen LogP contribution in [0, 0.1) is 16.0 Å². The summed E-state index contributed by atoms with van der Waals surface area (Å²) in [5, 5.41) is 11.9. The van der Waals surface area contributed by atoms with Gasteiger partial charge in [-0.3, -0.25) is 14.9 Å². The number of rotatable bonds is 3. The minimum absolute atomic E-state index is 0.0626. The fourth-order valence-corrected chi connectivity index (χ4v) is 3.51. The lowest BCUT2D eigenvalue weighted by atomic mass is 9.97. The van der Waals surface area contributed by atoms with E-state index in [2.05, 4.69) is 0 Å². The Balaban J connectivity index is 1.70. The number of carbonyl (C=O) groups excluding carboxylic acids is 1. The number of hydrogen-bond donors (Lipinski definition) is 0. The van der Waals surface area contributed by atoms with Gasteiger partial charge in [0.15, 0.2) is 0 Å². The average Bonchev–Trinajstić information content (AvgIpc) is 2.62. The summed E-state index contributed by atoms with van der Waals surface area (Å²) >= 11 is 0. The number of benzene rings is 1. The molecule has 1 aliphatic rings. The predicted octanol–water partition coefficient (Wildman–Crippen LogP) is 3.56. The number of fused-ring (bicyclic) bond motifs is 1. The zero-order valence-electron chi connectivity index (χ0n) is 16.4. The van der Waals surface area contributed by atoms with Gasteiger partial charge in [0, 0.05) is 31.9 Å². The van der Waals surface area contributed by atoms with Crippen LogP contribution in [0.5, 0.6) is 0 Å². The zero-order chi connectivity index (χ0) is 20.5. The molecule has 150 valence electrons. The first-order chi connectivity index (χ1) is 13.2. The van der Waals surface area contributed by atoms with Gasteiger partial charge in [-0.25, -0.2) is 4.79 Å². The molecule has 8 nitrogen and oxygen atoms in total. The van der Waals surface area contributed by atoms with Gasteiger partial charge in [-0.2, -0.15) is 0 Å². The van der Waals surface area contributed by atoms with Crippen LogP contribution >= 0.6 is 0 Å². The van der Waals surface area contributed by atoms with E-state index in [4.69, 9.17) is 4.74 Å². The summed E-state index contributed by atoms with van der Waals surface area (Å²) in [6.45, 7) is 7.23. The van der Waals surface area contributed by atoms with Crippen molar-refractivity contribution in [2.75, 3.05) is 13.1 Å². The van der Waals surface area contributed by atoms with Crippen molar-refractivity contribution in [3.63, 3.8) is 0 Å². The molecule has 0 atom stereocenters. The minimum Gasteiger partial charge on any atom is -0.444 e.